The third-order valence-corrected chi connectivity index (χ3v) is 5.38. The Morgan fingerprint density at radius 3 is 2.50 bits per heavy atom. The van der Waals surface area contributed by atoms with Gasteiger partial charge in [-0.25, -0.2) is 4.98 Å². The van der Waals surface area contributed by atoms with E-state index < -0.39 is 0 Å². The van der Waals surface area contributed by atoms with Gasteiger partial charge in [0, 0.05) is 42.3 Å². The molecule has 9 heteroatoms. The maximum absolute atomic E-state index is 12.7. The maximum Gasteiger partial charge on any atom is 0.289 e. The second-order valence-electron chi connectivity index (χ2n) is 6.23. The van der Waals surface area contributed by atoms with Gasteiger partial charge in [0.25, 0.3) is 11.8 Å². The highest BCUT2D eigenvalue weighted by molar-refractivity contribution is 7.14. The van der Waals surface area contributed by atoms with Crippen molar-refractivity contribution in [2.75, 3.05) is 31.5 Å². The predicted octanol–water partition coefficient (Wildman–Crippen LogP) is 3.73. The summed E-state index contributed by atoms with van der Waals surface area (Å²) >= 11 is 7.34. The van der Waals surface area contributed by atoms with Crippen LogP contribution in [0.3, 0.4) is 0 Å². The number of piperazine rings is 1. The molecule has 1 N–H and O–H groups in total. The molecule has 0 radical (unpaired) electrons. The van der Waals surface area contributed by atoms with Crippen LogP contribution in [0.2, 0.25) is 5.02 Å². The Morgan fingerprint density at radius 2 is 1.82 bits per heavy atom. The van der Waals surface area contributed by atoms with Crippen LogP contribution < -0.4 is 5.32 Å². The molecule has 3 heterocycles. The van der Waals surface area contributed by atoms with Crippen LogP contribution in [0.15, 0.2) is 52.5 Å². The molecule has 144 valence electrons. The molecule has 0 unspecified atom stereocenters. The lowest BCUT2D eigenvalue weighted by Gasteiger charge is -2.33. The molecule has 28 heavy (non-hydrogen) atoms. The molecule has 1 aromatic carbocycles. The third-order valence-electron chi connectivity index (χ3n) is 4.39. The fourth-order valence-corrected chi connectivity index (χ4v) is 3.84. The van der Waals surface area contributed by atoms with Crippen LogP contribution in [0.1, 0.15) is 21.0 Å². The third kappa shape index (κ3) is 4.02. The Hall–Kier alpha value is -2.84. The number of nitrogens with zero attached hydrogens (tertiary/aromatic N) is 3. The number of carbonyl (C=O) groups is 2. The maximum atomic E-state index is 12.7. The van der Waals surface area contributed by atoms with E-state index in [-0.39, 0.29) is 11.8 Å². The van der Waals surface area contributed by atoms with Crippen LogP contribution in [0.4, 0.5) is 10.8 Å². The molecule has 0 saturated carbocycles. The predicted molar refractivity (Wildman–Crippen MR) is 107 cm³/mol. The van der Waals surface area contributed by atoms with Crippen molar-refractivity contribution in [1.82, 2.24) is 14.8 Å². The van der Waals surface area contributed by atoms with Crippen molar-refractivity contribution < 1.29 is 14.0 Å². The minimum atomic E-state index is -0.154. The van der Waals surface area contributed by atoms with E-state index in [1.165, 1.54) is 17.6 Å². The van der Waals surface area contributed by atoms with E-state index in [1.807, 2.05) is 12.1 Å². The number of furan rings is 1. The van der Waals surface area contributed by atoms with Gasteiger partial charge in [0.15, 0.2) is 10.9 Å². The summed E-state index contributed by atoms with van der Waals surface area (Å²) < 4.78 is 5.16. The van der Waals surface area contributed by atoms with Gasteiger partial charge in [-0.3, -0.25) is 9.59 Å². The van der Waals surface area contributed by atoms with Gasteiger partial charge in [-0.15, -0.1) is 11.3 Å². The van der Waals surface area contributed by atoms with Crippen LogP contribution in [0.5, 0.6) is 0 Å². The van der Waals surface area contributed by atoms with Crippen molar-refractivity contribution >= 4 is 45.6 Å². The van der Waals surface area contributed by atoms with E-state index in [1.54, 1.807) is 39.4 Å². The molecule has 1 aliphatic heterocycles. The molecule has 2 amide bonds. The number of nitrogens with one attached hydrogen (secondary N) is 1. The highest BCUT2D eigenvalue weighted by Crippen LogP contribution is 2.24. The number of anilines is 2. The van der Waals surface area contributed by atoms with Gasteiger partial charge in [0.1, 0.15) is 5.69 Å². The first-order valence-corrected chi connectivity index (χ1v) is 9.96. The lowest BCUT2D eigenvalue weighted by Crippen LogP contribution is -2.50. The Balaban J connectivity index is 1.35. The first-order chi connectivity index (χ1) is 13.6. The largest absolute Gasteiger partial charge is 0.459 e. The van der Waals surface area contributed by atoms with Gasteiger partial charge in [0.2, 0.25) is 0 Å². The first-order valence-electron chi connectivity index (χ1n) is 8.70. The molecule has 2 aromatic heterocycles. The number of carbonyl (C=O) groups excluding carboxylic acids is 2. The fourth-order valence-electron chi connectivity index (χ4n) is 2.95. The molecule has 1 aliphatic rings. The van der Waals surface area contributed by atoms with Gasteiger partial charge >= 0.3 is 0 Å². The van der Waals surface area contributed by atoms with Crippen molar-refractivity contribution in [3.8, 4) is 0 Å². The highest BCUT2D eigenvalue weighted by Gasteiger charge is 2.27. The Morgan fingerprint density at radius 1 is 1.07 bits per heavy atom. The minimum absolute atomic E-state index is 0.138. The second-order valence-corrected chi connectivity index (χ2v) is 7.53. The Kier molecular flexibility index (Phi) is 5.31. The van der Waals surface area contributed by atoms with E-state index in [9.17, 15) is 9.59 Å². The van der Waals surface area contributed by atoms with E-state index in [0.717, 1.165) is 5.69 Å². The van der Waals surface area contributed by atoms with E-state index >= 15 is 0 Å². The van der Waals surface area contributed by atoms with Crippen LogP contribution in [0, 0.1) is 0 Å². The molecule has 0 atom stereocenters. The zero-order chi connectivity index (χ0) is 19.5. The molecule has 0 bridgehead atoms. The van der Waals surface area contributed by atoms with E-state index in [0.29, 0.717) is 47.8 Å². The number of aromatic nitrogens is 1. The molecule has 4 rings (SSSR count). The van der Waals surface area contributed by atoms with Gasteiger partial charge < -0.3 is 19.5 Å². The SMILES string of the molecule is O=C(c1csc(Nc2cccc(Cl)c2)n1)N1CCN(C(=O)c2ccco2)CC1. The van der Waals surface area contributed by atoms with Gasteiger partial charge in [-0.2, -0.15) is 0 Å². The summed E-state index contributed by atoms with van der Waals surface area (Å²) in [7, 11) is 0. The number of rotatable bonds is 4. The summed E-state index contributed by atoms with van der Waals surface area (Å²) in [6.45, 7) is 1.84. The zero-order valence-corrected chi connectivity index (χ0v) is 16.4. The standard InChI is InChI=1S/C19H17ClN4O3S/c20-13-3-1-4-14(11-13)21-19-22-15(12-28-19)17(25)23-6-8-24(9-7-23)18(26)16-5-2-10-27-16/h1-5,10-12H,6-9H2,(H,21,22). The number of amides is 2. The summed E-state index contributed by atoms with van der Waals surface area (Å²) in [4.78, 5) is 32.8. The van der Waals surface area contributed by atoms with Gasteiger partial charge in [-0.05, 0) is 30.3 Å². The topological polar surface area (TPSA) is 78.7 Å². The molecule has 1 saturated heterocycles. The molecule has 0 aliphatic carbocycles. The quantitative estimate of drug-likeness (QED) is 0.701. The molecule has 0 spiro atoms. The Labute approximate surface area is 170 Å². The van der Waals surface area contributed by atoms with Crippen molar-refractivity contribution in [3.63, 3.8) is 0 Å². The first kappa shape index (κ1) is 18.5. The fraction of sp³-hybridized carbons (Fsp3) is 0.211. The smallest absolute Gasteiger partial charge is 0.289 e. The van der Waals surface area contributed by atoms with E-state index in [2.05, 4.69) is 10.3 Å². The monoisotopic (exact) mass is 416 g/mol. The number of halogens is 1. The molecule has 3 aromatic rings. The number of hydrogen-bond donors (Lipinski definition) is 1. The van der Waals surface area contributed by atoms with Crippen molar-refractivity contribution in [3.05, 3.63) is 64.5 Å². The normalized spacial score (nSPS) is 14.2. The minimum Gasteiger partial charge on any atom is -0.459 e. The molecule has 1 fully saturated rings. The van der Waals surface area contributed by atoms with Crippen LogP contribution in [-0.4, -0.2) is 52.8 Å². The van der Waals surface area contributed by atoms with Crippen molar-refractivity contribution in [2.45, 2.75) is 0 Å². The number of thiazole rings is 1. The zero-order valence-electron chi connectivity index (χ0n) is 14.8. The van der Waals surface area contributed by atoms with Crippen LogP contribution in [0.25, 0.3) is 0 Å². The van der Waals surface area contributed by atoms with Gasteiger partial charge in [-0.1, -0.05) is 17.7 Å². The van der Waals surface area contributed by atoms with Crippen LogP contribution >= 0.6 is 22.9 Å². The van der Waals surface area contributed by atoms with Crippen molar-refractivity contribution in [1.29, 1.82) is 0 Å². The summed E-state index contributed by atoms with van der Waals surface area (Å²) in [5.74, 6) is 0.0234. The second kappa shape index (κ2) is 8.04. The average molecular weight is 417 g/mol. The summed E-state index contributed by atoms with van der Waals surface area (Å²) in [5, 5.41) is 6.13. The lowest BCUT2D eigenvalue weighted by molar-refractivity contribution is 0.0515. The number of hydrogen-bond acceptors (Lipinski definition) is 6. The summed E-state index contributed by atoms with van der Waals surface area (Å²) in [5.41, 5.74) is 1.20. The average Bonchev–Trinajstić information content (AvgIpc) is 3.39. The van der Waals surface area contributed by atoms with E-state index in [4.69, 9.17) is 16.0 Å². The van der Waals surface area contributed by atoms with Crippen molar-refractivity contribution in [2.24, 2.45) is 0 Å². The lowest BCUT2D eigenvalue weighted by atomic mass is 10.2. The Bertz CT molecular complexity index is 981. The highest BCUT2D eigenvalue weighted by atomic mass is 35.5. The molecular formula is C19H17ClN4O3S. The van der Waals surface area contributed by atoms with Gasteiger partial charge in [0.05, 0.1) is 6.26 Å². The van der Waals surface area contributed by atoms with Crippen LogP contribution in [-0.2, 0) is 0 Å². The summed E-state index contributed by atoms with van der Waals surface area (Å²) in [6, 6.07) is 10.6. The molecule has 7 nitrogen and oxygen atoms in total. The number of benzene rings is 1. The molecular weight excluding hydrogens is 400 g/mol. The summed E-state index contributed by atoms with van der Waals surface area (Å²) in [6.07, 6.45) is 1.48.